The van der Waals surface area contributed by atoms with Gasteiger partial charge in [0.15, 0.2) is 11.5 Å². The van der Waals surface area contributed by atoms with E-state index in [2.05, 4.69) is 10.1 Å². The first-order valence-electron chi connectivity index (χ1n) is 9.90. The lowest BCUT2D eigenvalue weighted by atomic mass is 10.1. The smallest absolute Gasteiger partial charge is 0.296 e. The van der Waals surface area contributed by atoms with E-state index in [0.717, 1.165) is 28.2 Å². The SMILES string of the molecule is CCOc1ccc(C=c2sc3nc(=O)c(Cc4ccc(OC)cc4)nn3c2=O)cc1OC. The first-order valence-corrected chi connectivity index (χ1v) is 10.7. The molecule has 0 aliphatic heterocycles. The summed E-state index contributed by atoms with van der Waals surface area (Å²) in [4.78, 5) is 29.7. The van der Waals surface area contributed by atoms with Gasteiger partial charge in [-0.15, -0.1) is 0 Å². The van der Waals surface area contributed by atoms with E-state index in [0.29, 0.717) is 22.6 Å². The molecule has 0 saturated carbocycles. The van der Waals surface area contributed by atoms with Crippen LogP contribution in [0, 0.1) is 0 Å². The number of rotatable bonds is 7. The molecular formula is C23H21N3O5S. The topological polar surface area (TPSA) is 92.0 Å². The van der Waals surface area contributed by atoms with Crippen molar-refractivity contribution in [1.82, 2.24) is 14.6 Å². The van der Waals surface area contributed by atoms with Crippen molar-refractivity contribution in [2.75, 3.05) is 20.8 Å². The van der Waals surface area contributed by atoms with Gasteiger partial charge < -0.3 is 14.2 Å². The molecule has 0 radical (unpaired) electrons. The molecule has 0 unspecified atom stereocenters. The number of thiazole rings is 1. The molecule has 0 amide bonds. The van der Waals surface area contributed by atoms with Crippen molar-refractivity contribution in [2.24, 2.45) is 0 Å². The lowest BCUT2D eigenvalue weighted by Gasteiger charge is -2.09. The number of aromatic nitrogens is 3. The number of methoxy groups -OCH3 is 2. The minimum atomic E-state index is -0.448. The largest absolute Gasteiger partial charge is 0.497 e. The minimum Gasteiger partial charge on any atom is -0.497 e. The molecular weight excluding hydrogens is 430 g/mol. The maximum absolute atomic E-state index is 12.9. The van der Waals surface area contributed by atoms with Crippen LogP contribution in [-0.2, 0) is 6.42 Å². The van der Waals surface area contributed by atoms with Gasteiger partial charge in [0.25, 0.3) is 11.1 Å². The molecule has 0 N–H and O–H groups in total. The Morgan fingerprint density at radius 1 is 1.03 bits per heavy atom. The van der Waals surface area contributed by atoms with Crippen LogP contribution in [0.3, 0.4) is 0 Å². The summed E-state index contributed by atoms with van der Waals surface area (Å²) in [6.45, 7) is 2.41. The summed E-state index contributed by atoms with van der Waals surface area (Å²) in [5.74, 6) is 1.92. The molecule has 4 aromatic rings. The molecule has 0 aliphatic carbocycles. The van der Waals surface area contributed by atoms with E-state index in [9.17, 15) is 9.59 Å². The Balaban J connectivity index is 1.72. The Labute approximate surface area is 187 Å². The average Bonchev–Trinajstić information content (AvgIpc) is 3.09. The van der Waals surface area contributed by atoms with Gasteiger partial charge in [0.05, 0.1) is 25.4 Å². The summed E-state index contributed by atoms with van der Waals surface area (Å²) >= 11 is 1.11. The molecule has 0 spiro atoms. The van der Waals surface area contributed by atoms with Crippen LogP contribution >= 0.6 is 11.3 Å². The van der Waals surface area contributed by atoms with Gasteiger partial charge in [-0.1, -0.05) is 29.5 Å². The van der Waals surface area contributed by atoms with Gasteiger partial charge in [-0.05, 0) is 48.4 Å². The van der Waals surface area contributed by atoms with Gasteiger partial charge in [0, 0.05) is 6.42 Å². The Morgan fingerprint density at radius 3 is 2.50 bits per heavy atom. The van der Waals surface area contributed by atoms with E-state index in [1.165, 1.54) is 4.52 Å². The summed E-state index contributed by atoms with van der Waals surface area (Å²) in [6.07, 6.45) is 1.98. The zero-order valence-electron chi connectivity index (χ0n) is 17.8. The first-order chi connectivity index (χ1) is 15.5. The molecule has 0 aliphatic rings. The average molecular weight is 452 g/mol. The van der Waals surface area contributed by atoms with Crippen molar-refractivity contribution in [3.8, 4) is 17.2 Å². The molecule has 2 aromatic heterocycles. The highest BCUT2D eigenvalue weighted by atomic mass is 32.1. The number of benzene rings is 2. The third-order valence-corrected chi connectivity index (χ3v) is 5.73. The van der Waals surface area contributed by atoms with Crippen LogP contribution in [0.15, 0.2) is 52.1 Å². The summed E-state index contributed by atoms with van der Waals surface area (Å²) in [7, 11) is 3.15. The van der Waals surface area contributed by atoms with Crippen molar-refractivity contribution < 1.29 is 14.2 Å². The van der Waals surface area contributed by atoms with Crippen LogP contribution in [0.5, 0.6) is 17.2 Å². The normalized spacial score (nSPS) is 11.7. The van der Waals surface area contributed by atoms with E-state index in [1.54, 1.807) is 44.6 Å². The third kappa shape index (κ3) is 4.33. The Kier molecular flexibility index (Phi) is 6.18. The van der Waals surface area contributed by atoms with Gasteiger partial charge in [0.1, 0.15) is 11.4 Å². The number of nitrogens with zero attached hydrogens (tertiary/aromatic N) is 3. The first kappa shape index (κ1) is 21.5. The minimum absolute atomic E-state index is 0.205. The summed E-state index contributed by atoms with van der Waals surface area (Å²) in [5.41, 5.74) is 1.05. The predicted octanol–water partition coefficient (Wildman–Crippen LogP) is 2.07. The molecule has 0 bridgehead atoms. The summed E-state index contributed by atoms with van der Waals surface area (Å²) < 4.78 is 17.6. The van der Waals surface area contributed by atoms with Crippen LogP contribution < -0.4 is 29.9 Å². The quantitative estimate of drug-likeness (QED) is 0.425. The molecule has 0 saturated heterocycles. The number of fused-ring (bicyclic) bond motifs is 1. The highest BCUT2D eigenvalue weighted by Gasteiger charge is 2.12. The maximum Gasteiger partial charge on any atom is 0.296 e. The van der Waals surface area contributed by atoms with E-state index >= 15 is 0 Å². The van der Waals surface area contributed by atoms with Crippen LogP contribution in [0.1, 0.15) is 23.7 Å². The van der Waals surface area contributed by atoms with Crippen LogP contribution in [-0.4, -0.2) is 35.4 Å². The van der Waals surface area contributed by atoms with Crippen molar-refractivity contribution in [2.45, 2.75) is 13.3 Å². The van der Waals surface area contributed by atoms with Crippen molar-refractivity contribution in [3.05, 3.63) is 84.5 Å². The lowest BCUT2D eigenvalue weighted by Crippen LogP contribution is -2.28. The predicted molar refractivity (Wildman–Crippen MR) is 122 cm³/mol. The van der Waals surface area contributed by atoms with Crippen LogP contribution in [0.2, 0.25) is 0 Å². The van der Waals surface area contributed by atoms with Gasteiger partial charge >= 0.3 is 0 Å². The Hall–Kier alpha value is -3.72. The highest BCUT2D eigenvalue weighted by Crippen LogP contribution is 2.28. The van der Waals surface area contributed by atoms with Crippen molar-refractivity contribution >= 4 is 22.4 Å². The van der Waals surface area contributed by atoms with E-state index in [1.807, 2.05) is 25.1 Å². The number of hydrogen-bond acceptors (Lipinski definition) is 8. The van der Waals surface area contributed by atoms with E-state index in [4.69, 9.17) is 14.2 Å². The zero-order valence-corrected chi connectivity index (χ0v) is 18.6. The van der Waals surface area contributed by atoms with Crippen LogP contribution in [0.25, 0.3) is 11.0 Å². The molecule has 32 heavy (non-hydrogen) atoms. The maximum atomic E-state index is 12.9. The second-order valence-electron chi connectivity index (χ2n) is 6.84. The Morgan fingerprint density at radius 2 is 1.81 bits per heavy atom. The summed E-state index contributed by atoms with van der Waals surface area (Å²) in [5, 5.41) is 4.29. The molecule has 4 rings (SSSR count). The molecule has 0 atom stereocenters. The van der Waals surface area contributed by atoms with Gasteiger partial charge in [-0.2, -0.15) is 14.6 Å². The Bertz CT molecular complexity index is 1430. The molecule has 164 valence electrons. The molecule has 2 aromatic carbocycles. The fourth-order valence-corrected chi connectivity index (χ4v) is 4.09. The molecule has 9 heteroatoms. The van der Waals surface area contributed by atoms with Gasteiger partial charge in [0.2, 0.25) is 4.96 Å². The third-order valence-electron chi connectivity index (χ3n) is 4.77. The number of ether oxygens (including phenoxy) is 3. The monoisotopic (exact) mass is 451 g/mol. The fourth-order valence-electron chi connectivity index (χ4n) is 3.19. The van der Waals surface area contributed by atoms with E-state index in [-0.39, 0.29) is 22.6 Å². The second-order valence-corrected chi connectivity index (χ2v) is 7.85. The molecule has 0 fully saturated rings. The van der Waals surface area contributed by atoms with Crippen molar-refractivity contribution in [3.63, 3.8) is 0 Å². The van der Waals surface area contributed by atoms with Gasteiger partial charge in [-0.3, -0.25) is 9.59 Å². The van der Waals surface area contributed by atoms with Gasteiger partial charge in [-0.25, -0.2) is 0 Å². The molecule has 8 nitrogen and oxygen atoms in total. The molecule has 2 heterocycles. The fraction of sp³-hybridized carbons (Fsp3) is 0.217. The lowest BCUT2D eigenvalue weighted by molar-refractivity contribution is 0.311. The summed E-state index contributed by atoms with van der Waals surface area (Å²) in [6, 6.07) is 12.7. The van der Waals surface area contributed by atoms with Crippen LogP contribution in [0.4, 0.5) is 0 Å². The second kappa shape index (κ2) is 9.19. The zero-order chi connectivity index (χ0) is 22.7. The van der Waals surface area contributed by atoms with E-state index < -0.39 is 5.56 Å². The van der Waals surface area contributed by atoms with Crippen molar-refractivity contribution in [1.29, 1.82) is 0 Å². The standard InChI is InChI=1S/C23H21N3O5S/c1-4-31-18-10-7-15(12-19(18)30-3)13-20-22(28)26-23(32-20)24-21(27)17(25-26)11-14-5-8-16(29-2)9-6-14/h5-10,12-13H,4,11H2,1-3H3. The number of hydrogen-bond donors (Lipinski definition) is 0. The highest BCUT2D eigenvalue weighted by molar-refractivity contribution is 7.15.